The quantitative estimate of drug-likeness (QED) is 0.693. The predicted molar refractivity (Wildman–Crippen MR) is 111 cm³/mol. The van der Waals surface area contributed by atoms with E-state index in [-0.39, 0.29) is 5.41 Å². The number of carbonyl (C=O) groups is 1. The maximum absolute atomic E-state index is 10.7. The number of nitrogens with two attached hydrogens (primary N) is 1. The molecule has 1 heterocycles. The fourth-order valence-electron chi connectivity index (χ4n) is 3.12. The molecule has 0 spiro atoms. The molecule has 0 radical (unpaired) electrons. The molecule has 1 aromatic carbocycles. The van der Waals surface area contributed by atoms with Gasteiger partial charge < -0.3 is 20.2 Å². The Hall–Kier alpha value is -1.58. The fraction of sp³-hybridized carbons (Fsp3) is 0.650. The monoisotopic (exact) mass is 434 g/mol. The Kier molecular flexibility index (Phi) is 9.17. The molecule has 1 aliphatic heterocycles. The highest BCUT2D eigenvalue weighted by atomic mass is 28.3. The predicted octanol–water partition coefficient (Wildman–Crippen LogP) is 3.72. The zero-order valence-corrected chi connectivity index (χ0v) is 19.2. The molecule has 0 aromatic heterocycles. The van der Waals surface area contributed by atoms with Gasteiger partial charge in [0, 0.05) is 6.04 Å². The molecule has 2 rings (SSSR count). The van der Waals surface area contributed by atoms with E-state index in [2.05, 4.69) is 63.1 Å². The third kappa shape index (κ3) is 8.35. The Labute approximate surface area is 172 Å². The summed E-state index contributed by atoms with van der Waals surface area (Å²) in [7, 11) is 0.686. The van der Waals surface area contributed by atoms with Crippen LogP contribution in [0.3, 0.4) is 0 Å². The number of methoxy groups -OCH3 is 1. The summed E-state index contributed by atoms with van der Waals surface area (Å²) in [5.41, 5.74) is 6.80. The van der Waals surface area contributed by atoms with Crippen molar-refractivity contribution in [2.45, 2.75) is 65.0 Å². The Morgan fingerprint density at radius 3 is 2.34 bits per heavy atom. The molecule has 166 valence electrons. The molecule has 1 aromatic rings. The lowest BCUT2D eigenvalue weighted by Crippen LogP contribution is -2.39. The lowest BCUT2D eigenvalue weighted by atomic mass is 9.82. The Balaban J connectivity index is 0.000000516. The van der Waals surface area contributed by atoms with E-state index in [0.717, 1.165) is 25.1 Å². The topological polar surface area (TPSA) is 73.6 Å². The normalized spacial score (nSPS) is 17.8. The maximum Gasteiger partial charge on any atom is 0.470 e. The van der Waals surface area contributed by atoms with Crippen LogP contribution in [0.4, 0.5) is 13.2 Å². The molecular weight excluding hydrogens is 401 g/mol. The molecule has 1 unspecified atom stereocenters. The maximum atomic E-state index is 10.7. The van der Waals surface area contributed by atoms with Crippen molar-refractivity contribution in [3.05, 3.63) is 29.3 Å². The van der Waals surface area contributed by atoms with E-state index < -0.39 is 21.1 Å². The highest BCUT2D eigenvalue weighted by Gasteiger charge is 2.35. The molecule has 2 atom stereocenters. The zero-order chi connectivity index (χ0) is 22.4. The largest absolute Gasteiger partial charge is 0.497 e. The van der Waals surface area contributed by atoms with Gasteiger partial charge in [0.1, 0.15) is 5.75 Å². The first kappa shape index (κ1) is 25.5. The number of hydrogen-bond donors (Lipinski definition) is 2. The molecule has 1 aliphatic rings. The van der Waals surface area contributed by atoms with E-state index in [9.17, 15) is 13.2 Å². The van der Waals surface area contributed by atoms with Crippen LogP contribution >= 0.6 is 0 Å². The van der Waals surface area contributed by atoms with Crippen molar-refractivity contribution in [2.24, 2.45) is 11.1 Å². The summed E-state index contributed by atoms with van der Waals surface area (Å²) >= 11 is 0. The van der Waals surface area contributed by atoms with Crippen molar-refractivity contribution in [2.75, 3.05) is 13.7 Å². The van der Waals surface area contributed by atoms with Gasteiger partial charge in [0.05, 0.1) is 13.2 Å². The minimum atomic E-state index is -4.86. The third-order valence-electron chi connectivity index (χ3n) is 4.64. The molecule has 9 heteroatoms. The lowest BCUT2D eigenvalue weighted by molar-refractivity contribution is -0.169. The van der Waals surface area contributed by atoms with Crippen LogP contribution in [-0.2, 0) is 15.6 Å². The summed E-state index contributed by atoms with van der Waals surface area (Å²) < 4.78 is 43.8. The van der Waals surface area contributed by atoms with E-state index in [0.29, 0.717) is 12.1 Å². The number of carbonyl (C=O) groups excluding carboxylic acids is 1. The molecule has 3 N–H and O–H groups in total. The van der Waals surface area contributed by atoms with Gasteiger partial charge in [-0.2, -0.15) is 13.2 Å². The number of hydrogen-bond acceptors (Lipinski definition) is 4. The second-order valence-electron chi connectivity index (χ2n) is 8.46. The number of alkyl halides is 3. The number of halogens is 3. The molecule has 0 bridgehead atoms. The van der Waals surface area contributed by atoms with E-state index in [1.165, 1.54) is 11.1 Å². The molecule has 29 heavy (non-hydrogen) atoms. The van der Waals surface area contributed by atoms with Gasteiger partial charge >= 0.3 is 12.1 Å². The van der Waals surface area contributed by atoms with Crippen LogP contribution in [0.2, 0.25) is 13.1 Å². The van der Waals surface area contributed by atoms with Crippen LogP contribution in [0.15, 0.2) is 18.2 Å². The number of ether oxygens (including phenoxy) is 1. The van der Waals surface area contributed by atoms with Gasteiger partial charge in [-0.3, -0.25) is 4.79 Å². The second kappa shape index (κ2) is 10.4. The van der Waals surface area contributed by atoms with E-state index in [4.69, 9.17) is 14.0 Å². The summed E-state index contributed by atoms with van der Waals surface area (Å²) in [6.07, 6.45) is -2.46. The summed E-state index contributed by atoms with van der Waals surface area (Å²) in [6, 6.07) is 6.86. The summed E-state index contributed by atoms with van der Waals surface area (Å²) in [4.78, 5) is 9.12. The third-order valence-corrected chi connectivity index (χ3v) is 5.52. The van der Waals surface area contributed by atoms with Crippen LogP contribution < -0.4 is 15.8 Å². The minimum Gasteiger partial charge on any atom is -0.497 e. The van der Waals surface area contributed by atoms with Gasteiger partial charge in [0.25, 0.3) is 0 Å². The van der Waals surface area contributed by atoms with Crippen LogP contribution in [0.5, 0.6) is 5.75 Å². The number of fused-ring (bicyclic) bond motifs is 1. The van der Waals surface area contributed by atoms with Crippen molar-refractivity contribution in [3.63, 3.8) is 0 Å². The second-order valence-corrected chi connectivity index (χ2v) is 10.8. The average Bonchev–Trinajstić information content (AvgIpc) is 2.59. The number of rotatable bonds is 5. The first-order chi connectivity index (χ1) is 13.3. The van der Waals surface area contributed by atoms with Crippen molar-refractivity contribution in [1.29, 1.82) is 0 Å². The van der Waals surface area contributed by atoms with Crippen LogP contribution in [0.1, 0.15) is 44.4 Å². The summed E-state index contributed by atoms with van der Waals surface area (Å²) in [5, 5.41) is 3.68. The van der Waals surface area contributed by atoms with Gasteiger partial charge in [-0.1, -0.05) is 26.8 Å². The number of amides is 1. The number of primary amides is 1. The Morgan fingerprint density at radius 2 is 1.90 bits per heavy atom. The van der Waals surface area contributed by atoms with Gasteiger partial charge in [0.2, 0.25) is 0 Å². The van der Waals surface area contributed by atoms with Crippen molar-refractivity contribution in [3.8, 4) is 5.75 Å². The van der Waals surface area contributed by atoms with Gasteiger partial charge in [0.15, 0.2) is 9.04 Å². The van der Waals surface area contributed by atoms with Gasteiger partial charge in [-0.25, -0.2) is 0 Å². The van der Waals surface area contributed by atoms with Crippen molar-refractivity contribution >= 4 is 14.9 Å². The molecule has 0 aliphatic carbocycles. The van der Waals surface area contributed by atoms with E-state index in [1.54, 1.807) is 7.11 Å². The van der Waals surface area contributed by atoms with Crippen LogP contribution in [-0.4, -0.2) is 40.9 Å². The number of benzene rings is 1. The highest BCUT2D eigenvalue weighted by Crippen LogP contribution is 2.35. The first-order valence-electron chi connectivity index (χ1n) is 9.68. The average molecular weight is 435 g/mol. The number of nitrogens with one attached hydrogen (secondary N) is 1. The molecular formula is C20H33F3N2O3Si. The van der Waals surface area contributed by atoms with Crippen LogP contribution in [0, 0.1) is 5.41 Å². The van der Waals surface area contributed by atoms with Crippen LogP contribution in [0.25, 0.3) is 0 Å². The van der Waals surface area contributed by atoms with Crippen molar-refractivity contribution < 1.29 is 27.1 Å². The first-order valence-corrected chi connectivity index (χ1v) is 12.5. The summed E-state index contributed by atoms with van der Waals surface area (Å²) in [5.74, 6) is -1.30. The van der Waals surface area contributed by atoms with Gasteiger partial charge in [-0.05, 0) is 61.2 Å². The summed E-state index contributed by atoms with van der Waals surface area (Å²) in [6.45, 7) is 12.4. The zero-order valence-electron chi connectivity index (χ0n) is 18.0. The molecule has 5 nitrogen and oxygen atoms in total. The Morgan fingerprint density at radius 1 is 1.31 bits per heavy atom. The fourth-order valence-corrected chi connectivity index (χ4v) is 4.30. The lowest BCUT2D eigenvalue weighted by Gasteiger charge is -2.37. The molecule has 0 saturated heterocycles. The SMILES string of the molecule is COc1ccc2c(c1)CCN[C@@H]2CC(O[SiH](C)C)C(C)(C)C.NC(=O)C(F)(F)F. The smallest absolute Gasteiger partial charge is 0.470 e. The molecule has 0 fully saturated rings. The minimum absolute atomic E-state index is 0.170. The van der Waals surface area contributed by atoms with E-state index in [1.807, 2.05) is 0 Å². The molecule has 1 amide bonds. The molecule has 0 saturated carbocycles. The van der Waals surface area contributed by atoms with E-state index >= 15 is 0 Å². The van der Waals surface area contributed by atoms with Crippen molar-refractivity contribution in [1.82, 2.24) is 5.32 Å². The Bertz CT molecular complexity index is 676. The standard InChI is InChI=1S/C18H31NO2Si.C2H2F3NO/c1-18(2,3)17(21-22(5)6)12-16-15-8-7-14(20-4)11-13(15)9-10-19-16;3-2(4,5)1(6)7/h7-8,11,16-17,19,22H,9-10,12H2,1-6H3;(H2,6,7)/t16-,17?;/m1./s1. The van der Waals surface area contributed by atoms with Gasteiger partial charge in [-0.15, -0.1) is 0 Å². The highest BCUT2D eigenvalue weighted by molar-refractivity contribution is 6.48.